The van der Waals surface area contributed by atoms with Crippen LogP contribution in [0.5, 0.6) is 0 Å². The minimum absolute atomic E-state index is 0.124. The number of ether oxygens (including phenoxy) is 1. The van der Waals surface area contributed by atoms with Crippen LogP contribution in [-0.4, -0.2) is 59.2 Å². The van der Waals surface area contributed by atoms with Gasteiger partial charge < -0.3 is 20.7 Å². The second-order valence-corrected chi connectivity index (χ2v) is 10.7. The molecule has 1 amide bonds. The fourth-order valence-electron chi connectivity index (χ4n) is 6.05. The average molecular weight is 531 g/mol. The van der Waals surface area contributed by atoms with Crippen LogP contribution in [0.4, 0.5) is 16.2 Å². The Balaban J connectivity index is 1.31. The maximum absolute atomic E-state index is 13.2. The number of nitrogens with zero attached hydrogens (tertiary/aromatic N) is 4. The number of amides is 1. The lowest BCUT2D eigenvalue weighted by molar-refractivity contribution is -0.115. The summed E-state index contributed by atoms with van der Waals surface area (Å²) < 4.78 is 19.6. The van der Waals surface area contributed by atoms with Gasteiger partial charge in [0.2, 0.25) is 11.9 Å². The summed E-state index contributed by atoms with van der Waals surface area (Å²) in [4.78, 5) is 26.5. The summed E-state index contributed by atoms with van der Waals surface area (Å²) in [5.74, 6) is 0.846. The van der Waals surface area contributed by atoms with Crippen molar-refractivity contribution < 1.29 is 13.9 Å². The molecule has 0 saturated carbocycles. The quantitative estimate of drug-likeness (QED) is 0.509. The topological polar surface area (TPSA) is 96.6 Å². The fourth-order valence-corrected chi connectivity index (χ4v) is 6.05. The molecule has 6 rings (SSSR count). The van der Waals surface area contributed by atoms with E-state index in [9.17, 15) is 9.18 Å². The molecule has 9 heteroatoms. The minimum Gasteiger partial charge on any atom is -0.371 e. The Bertz CT molecular complexity index is 1320. The van der Waals surface area contributed by atoms with Crippen molar-refractivity contribution in [3.8, 4) is 0 Å². The third-order valence-corrected chi connectivity index (χ3v) is 8.08. The smallest absolute Gasteiger partial charge is 0.245 e. The first-order chi connectivity index (χ1) is 19.0. The predicted octanol–water partition coefficient (Wildman–Crippen LogP) is 3.83. The van der Waals surface area contributed by atoms with Crippen LogP contribution in [0.25, 0.3) is 0 Å². The highest BCUT2D eigenvalue weighted by Gasteiger charge is 2.39. The summed E-state index contributed by atoms with van der Waals surface area (Å²) in [6.45, 7) is 4.89. The number of primary amides is 1. The molecule has 2 aromatic rings. The van der Waals surface area contributed by atoms with Gasteiger partial charge in [-0.25, -0.2) is 9.37 Å². The zero-order valence-electron chi connectivity index (χ0n) is 22.2. The summed E-state index contributed by atoms with van der Waals surface area (Å²) in [5, 5.41) is 3.58. The Kier molecular flexibility index (Phi) is 7.18. The second-order valence-electron chi connectivity index (χ2n) is 10.7. The SMILES string of the molecule is CC1=CC2C(C(N)=O)=CC=CC2N1c1nc(NCc2ccccc2)c2c(n1)C(OCCN1CC(F)C1)CCC2. The van der Waals surface area contributed by atoms with Crippen LogP contribution >= 0.6 is 0 Å². The number of hydrogen-bond acceptors (Lipinski definition) is 7. The average Bonchev–Trinajstić information content (AvgIpc) is 3.26. The number of halogens is 1. The van der Waals surface area contributed by atoms with Gasteiger partial charge in [-0.3, -0.25) is 9.69 Å². The molecule has 39 heavy (non-hydrogen) atoms. The molecule has 3 atom stereocenters. The molecule has 0 radical (unpaired) electrons. The summed E-state index contributed by atoms with van der Waals surface area (Å²) in [5.41, 5.74) is 10.4. The van der Waals surface area contributed by atoms with Crippen molar-refractivity contribution in [1.29, 1.82) is 0 Å². The van der Waals surface area contributed by atoms with Gasteiger partial charge in [0.15, 0.2) is 0 Å². The lowest BCUT2D eigenvalue weighted by atomic mass is 9.88. The van der Waals surface area contributed by atoms with E-state index in [0.717, 1.165) is 42.0 Å². The highest BCUT2D eigenvalue weighted by Crippen LogP contribution is 2.41. The summed E-state index contributed by atoms with van der Waals surface area (Å²) in [6, 6.07) is 10.1. The van der Waals surface area contributed by atoms with Gasteiger partial charge >= 0.3 is 0 Å². The number of benzene rings is 1. The van der Waals surface area contributed by atoms with Crippen molar-refractivity contribution >= 4 is 17.7 Å². The Labute approximate surface area is 228 Å². The van der Waals surface area contributed by atoms with Crippen LogP contribution in [0.1, 0.15) is 42.7 Å². The monoisotopic (exact) mass is 530 g/mol. The van der Waals surface area contributed by atoms with Crippen molar-refractivity contribution in [3.05, 3.63) is 82.7 Å². The molecular weight excluding hydrogens is 495 g/mol. The third-order valence-electron chi connectivity index (χ3n) is 8.08. The molecule has 2 aliphatic carbocycles. The molecule has 3 heterocycles. The Morgan fingerprint density at radius 1 is 1.23 bits per heavy atom. The highest BCUT2D eigenvalue weighted by molar-refractivity contribution is 5.94. The number of nitrogens with two attached hydrogens (primary N) is 1. The zero-order valence-corrected chi connectivity index (χ0v) is 22.2. The van der Waals surface area contributed by atoms with Crippen molar-refractivity contribution in [3.63, 3.8) is 0 Å². The van der Waals surface area contributed by atoms with E-state index in [4.69, 9.17) is 20.4 Å². The van der Waals surface area contributed by atoms with E-state index < -0.39 is 12.1 Å². The van der Waals surface area contributed by atoms with Crippen molar-refractivity contribution in [2.45, 2.75) is 51.0 Å². The Morgan fingerprint density at radius 2 is 2.05 bits per heavy atom. The van der Waals surface area contributed by atoms with Crippen molar-refractivity contribution in [1.82, 2.24) is 14.9 Å². The van der Waals surface area contributed by atoms with E-state index >= 15 is 0 Å². The molecule has 204 valence electrons. The number of nitrogens with one attached hydrogen (secondary N) is 1. The Morgan fingerprint density at radius 3 is 2.82 bits per heavy atom. The van der Waals surface area contributed by atoms with Crippen LogP contribution in [0.3, 0.4) is 0 Å². The number of rotatable bonds is 9. The van der Waals surface area contributed by atoms with Gasteiger partial charge in [0.1, 0.15) is 18.1 Å². The van der Waals surface area contributed by atoms with E-state index in [-0.39, 0.29) is 18.1 Å². The molecule has 1 saturated heterocycles. The van der Waals surface area contributed by atoms with E-state index in [1.165, 1.54) is 5.56 Å². The first-order valence-corrected chi connectivity index (χ1v) is 13.8. The summed E-state index contributed by atoms with van der Waals surface area (Å²) in [7, 11) is 0. The number of allylic oxidation sites excluding steroid dienone is 3. The molecule has 2 aliphatic heterocycles. The second kappa shape index (κ2) is 10.9. The largest absolute Gasteiger partial charge is 0.371 e. The van der Waals surface area contributed by atoms with Crippen LogP contribution in [0.15, 0.2) is 65.9 Å². The maximum atomic E-state index is 13.2. The maximum Gasteiger partial charge on any atom is 0.245 e. The number of carbonyl (C=O) groups excluding carboxylic acids is 1. The number of alkyl halides is 1. The van der Waals surface area contributed by atoms with Gasteiger partial charge in [0.25, 0.3) is 0 Å². The fraction of sp³-hybridized carbons (Fsp3) is 0.433. The van der Waals surface area contributed by atoms with Gasteiger partial charge in [0.05, 0.1) is 18.3 Å². The first kappa shape index (κ1) is 25.7. The molecule has 1 aromatic carbocycles. The van der Waals surface area contributed by atoms with E-state index in [1.54, 1.807) is 6.08 Å². The number of likely N-dealkylation sites (tertiary alicyclic amines) is 1. The highest BCUT2D eigenvalue weighted by atomic mass is 19.1. The normalized spacial score (nSPS) is 24.5. The summed E-state index contributed by atoms with van der Waals surface area (Å²) in [6.07, 6.45) is 9.70. The Hall–Kier alpha value is -3.56. The van der Waals surface area contributed by atoms with Crippen LogP contribution in [0, 0.1) is 5.92 Å². The predicted molar refractivity (Wildman–Crippen MR) is 149 cm³/mol. The van der Waals surface area contributed by atoms with Gasteiger partial charge in [-0.1, -0.05) is 54.6 Å². The lowest BCUT2D eigenvalue weighted by Gasteiger charge is -2.35. The molecule has 1 fully saturated rings. The van der Waals surface area contributed by atoms with Crippen LogP contribution in [0.2, 0.25) is 0 Å². The van der Waals surface area contributed by atoms with E-state index in [1.807, 2.05) is 31.2 Å². The molecule has 3 unspecified atom stereocenters. The van der Waals surface area contributed by atoms with Gasteiger partial charge in [-0.05, 0) is 31.7 Å². The number of fused-ring (bicyclic) bond motifs is 2. The molecule has 1 aromatic heterocycles. The van der Waals surface area contributed by atoms with Gasteiger partial charge in [0, 0.05) is 48.9 Å². The number of anilines is 2. The molecular formula is C30H35FN6O2. The summed E-state index contributed by atoms with van der Waals surface area (Å²) >= 11 is 0. The first-order valence-electron chi connectivity index (χ1n) is 13.8. The molecule has 3 N–H and O–H groups in total. The van der Waals surface area contributed by atoms with E-state index in [0.29, 0.717) is 44.3 Å². The zero-order chi connectivity index (χ0) is 26.9. The van der Waals surface area contributed by atoms with Gasteiger partial charge in [-0.15, -0.1) is 0 Å². The molecule has 0 spiro atoms. The van der Waals surface area contributed by atoms with E-state index in [2.05, 4.69) is 39.4 Å². The third kappa shape index (κ3) is 5.21. The molecule has 0 bridgehead atoms. The number of hydrogen-bond donors (Lipinski definition) is 2. The molecule has 8 nitrogen and oxygen atoms in total. The van der Waals surface area contributed by atoms with Crippen LogP contribution < -0.4 is 16.0 Å². The minimum atomic E-state index is -0.715. The standard InChI is InChI=1S/C30H35FN6O2/c1-19-15-24-22(28(32)38)9-5-11-25(24)37(19)30-34-27-23(29(35-30)33-16-20-7-3-2-4-8-20)10-6-12-26(27)39-14-13-36-17-21(31)18-36/h2-5,7-9,11,15,21,24-26H,6,10,12-14,16-18H2,1H3,(H2,32,38)(H,33,34,35). The molecule has 4 aliphatic rings. The lowest BCUT2D eigenvalue weighted by Crippen LogP contribution is -2.49. The van der Waals surface area contributed by atoms with Crippen molar-refractivity contribution in [2.24, 2.45) is 11.7 Å². The number of aromatic nitrogens is 2. The van der Waals surface area contributed by atoms with Crippen molar-refractivity contribution in [2.75, 3.05) is 36.5 Å². The van der Waals surface area contributed by atoms with Gasteiger partial charge in [-0.2, -0.15) is 4.98 Å². The number of carbonyl (C=O) groups is 1. The van der Waals surface area contributed by atoms with Crippen LogP contribution in [-0.2, 0) is 22.5 Å².